The quantitative estimate of drug-likeness (QED) is 0.761. The van der Waals surface area contributed by atoms with Crippen LogP contribution in [0, 0.1) is 5.41 Å². The van der Waals surface area contributed by atoms with Crippen LogP contribution in [0.25, 0.3) is 0 Å². The zero-order valence-corrected chi connectivity index (χ0v) is 9.55. The number of nitrogens with zero attached hydrogens (tertiary/aromatic N) is 2. The molecule has 0 atom stereocenters. The molecular weight excluding hydrogens is 208 g/mol. The Morgan fingerprint density at radius 2 is 2.19 bits per heavy atom. The molecule has 0 N–H and O–H groups in total. The second-order valence-corrected chi connectivity index (χ2v) is 4.45. The van der Waals surface area contributed by atoms with Gasteiger partial charge in [0.1, 0.15) is 0 Å². The van der Waals surface area contributed by atoms with E-state index in [1.54, 1.807) is 23.3 Å². The lowest BCUT2D eigenvalue weighted by molar-refractivity contribution is -0.155. The highest BCUT2D eigenvalue weighted by atomic mass is 16.7. The summed E-state index contributed by atoms with van der Waals surface area (Å²) >= 11 is 0. The zero-order valence-electron chi connectivity index (χ0n) is 9.55. The first-order valence-electron chi connectivity index (χ1n) is 5.33. The van der Waals surface area contributed by atoms with Crippen LogP contribution in [0.5, 0.6) is 0 Å². The van der Waals surface area contributed by atoms with Crippen molar-refractivity contribution in [2.75, 3.05) is 13.2 Å². The molecule has 1 aliphatic heterocycles. The minimum absolute atomic E-state index is 0.0809. The van der Waals surface area contributed by atoms with Gasteiger partial charge in [0.25, 0.3) is 0 Å². The number of imidazole rings is 1. The Morgan fingerprint density at radius 1 is 1.50 bits per heavy atom. The van der Waals surface area contributed by atoms with Gasteiger partial charge in [0.15, 0.2) is 12.1 Å². The molecule has 0 spiro atoms. The molecule has 0 amide bonds. The van der Waals surface area contributed by atoms with Crippen LogP contribution in [-0.2, 0) is 20.8 Å². The van der Waals surface area contributed by atoms with Gasteiger partial charge < -0.3 is 14.0 Å². The van der Waals surface area contributed by atoms with Crippen LogP contribution >= 0.6 is 0 Å². The molecule has 0 aliphatic carbocycles. The van der Waals surface area contributed by atoms with E-state index < -0.39 is 11.7 Å². The van der Waals surface area contributed by atoms with Crippen molar-refractivity contribution in [2.45, 2.75) is 26.7 Å². The summed E-state index contributed by atoms with van der Waals surface area (Å²) in [5.74, 6) is 0.0809. The smallest absolute Gasteiger partial charge is 0.169 e. The van der Waals surface area contributed by atoms with Crippen LogP contribution in [0.3, 0.4) is 0 Å². The normalized spacial score (nSPS) is 17.9. The number of carbonyl (C=O) groups is 1. The van der Waals surface area contributed by atoms with Crippen LogP contribution in [0.4, 0.5) is 0 Å². The van der Waals surface area contributed by atoms with Crippen LogP contribution in [0.2, 0.25) is 0 Å². The third kappa shape index (κ3) is 2.15. The van der Waals surface area contributed by atoms with Gasteiger partial charge in [-0.2, -0.15) is 0 Å². The van der Waals surface area contributed by atoms with Gasteiger partial charge in [0.2, 0.25) is 0 Å². The summed E-state index contributed by atoms with van der Waals surface area (Å²) in [7, 11) is 0. The molecule has 0 saturated carbocycles. The molecule has 0 aromatic carbocycles. The minimum atomic E-state index is -0.624. The summed E-state index contributed by atoms with van der Waals surface area (Å²) in [6, 6.07) is 0. The highest BCUT2D eigenvalue weighted by molar-refractivity contribution is 5.84. The Morgan fingerprint density at radius 3 is 2.75 bits per heavy atom. The van der Waals surface area contributed by atoms with E-state index in [9.17, 15) is 4.79 Å². The maximum atomic E-state index is 12.1. The number of hydrogen-bond acceptors (Lipinski definition) is 4. The van der Waals surface area contributed by atoms with Crippen LogP contribution in [0.1, 0.15) is 13.8 Å². The second kappa shape index (κ2) is 4.35. The molecule has 1 aromatic rings. The van der Waals surface area contributed by atoms with Crippen LogP contribution in [-0.4, -0.2) is 34.8 Å². The molecule has 0 bridgehead atoms. The van der Waals surface area contributed by atoms with E-state index in [0.717, 1.165) is 0 Å². The van der Waals surface area contributed by atoms with Gasteiger partial charge >= 0.3 is 0 Å². The van der Waals surface area contributed by atoms with Crippen molar-refractivity contribution in [3.8, 4) is 0 Å². The molecule has 5 heteroatoms. The van der Waals surface area contributed by atoms with E-state index in [-0.39, 0.29) is 5.78 Å². The summed E-state index contributed by atoms with van der Waals surface area (Å²) in [5.41, 5.74) is -0.624. The van der Waals surface area contributed by atoms with E-state index >= 15 is 0 Å². The molecule has 1 saturated heterocycles. The molecule has 1 aromatic heterocycles. The number of carbonyl (C=O) groups excluding carboxylic acids is 1. The summed E-state index contributed by atoms with van der Waals surface area (Å²) in [6.45, 7) is 5.12. The number of Topliss-reactive ketones (excluding diaryl/α,β-unsaturated/α-hetero) is 1. The number of hydrogen-bond donors (Lipinski definition) is 0. The standard InChI is InChI=1S/C11H16N2O3/c1-11(2,10-15-5-6-16-10)9(14)7-13-4-3-12-8-13/h3-4,8,10H,5-7H2,1-2H3. The van der Waals surface area contributed by atoms with E-state index in [4.69, 9.17) is 9.47 Å². The van der Waals surface area contributed by atoms with Crippen molar-refractivity contribution < 1.29 is 14.3 Å². The maximum absolute atomic E-state index is 12.1. The van der Waals surface area contributed by atoms with E-state index in [1.807, 2.05) is 13.8 Å². The van der Waals surface area contributed by atoms with Crippen molar-refractivity contribution in [2.24, 2.45) is 5.41 Å². The molecule has 1 aliphatic rings. The van der Waals surface area contributed by atoms with Crippen LogP contribution in [0.15, 0.2) is 18.7 Å². The third-order valence-electron chi connectivity index (χ3n) is 2.82. The average molecular weight is 224 g/mol. The first-order valence-corrected chi connectivity index (χ1v) is 5.33. The number of aromatic nitrogens is 2. The van der Waals surface area contributed by atoms with Crippen molar-refractivity contribution in [1.29, 1.82) is 0 Å². The fourth-order valence-corrected chi connectivity index (χ4v) is 1.66. The molecule has 1 fully saturated rings. The van der Waals surface area contributed by atoms with Crippen molar-refractivity contribution in [3.63, 3.8) is 0 Å². The lowest BCUT2D eigenvalue weighted by Gasteiger charge is -2.28. The van der Waals surface area contributed by atoms with Gasteiger partial charge in [-0.1, -0.05) is 0 Å². The lowest BCUT2D eigenvalue weighted by atomic mass is 9.87. The first-order chi connectivity index (χ1) is 7.60. The van der Waals surface area contributed by atoms with Gasteiger partial charge in [0.05, 0.1) is 31.5 Å². The first kappa shape index (κ1) is 11.3. The molecular formula is C11H16N2O3. The predicted octanol–water partition coefficient (Wildman–Crippen LogP) is 0.851. The highest BCUT2D eigenvalue weighted by Crippen LogP contribution is 2.28. The Labute approximate surface area is 94.4 Å². The second-order valence-electron chi connectivity index (χ2n) is 4.45. The van der Waals surface area contributed by atoms with Crippen molar-refractivity contribution in [1.82, 2.24) is 9.55 Å². The fraction of sp³-hybridized carbons (Fsp3) is 0.636. The van der Waals surface area contributed by atoms with Gasteiger partial charge in [-0.05, 0) is 13.8 Å². The monoisotopic (exact) mass is 224 g/mol. The molecule has 5 nitrogen and oxygen atoms in total. The molecule has 2 rings (SSSR count). The minimum Gasteiger partial charge on any atom is -0.349 e. The predicted molar refractivity (Wildman–Crippen MR) is 56.7 cm³/mol. The number of ketones is 1. The molecule has 0 radical (unpaired) electrons. The van der Waals surface area contributed by atoms with E-state index in [0.29, 0.717) is 19.8 Å². The van der Waals surface area contributed by atoms with Gasteiger partial charge in [-0.25, -0.2) is 4.98 Å². The molecule has 2 heterocycles. The van der Waals surface area contributed by atoms with Crippen LogP contribution < -0.4 is 0 Å². The number of rotatable bonds is 4. The summed E-state index contributed by atoms with van der Waals surface area (Å²) in [5, 5.41) is 0. The maximum Gasteiger partial charge on any atom is 0.169 e. The van der Waals surface area contributed by atoms with Crippen molar-refractivity contribution >= 4 is 5.78 Å². The third-order valence-corrected chi connectivity index (χ3v) is 2.82. The average Bonchev–Trinajstić information content (AvgIpc) is 2.89. The summed E-state index contributed by atoms with van der Waals surface area (Å²) < 4.78 is 12.5. The zero-order chi connectivity index (χ0) is 11.6. The topological polar surface area (TPSA) is 53.4 Å². The Kier molecular flexibility index (Phi) is 3.07. The van der Waals surface area contributed by atoms with Crippen molar-refractivity contribution in [3.05, 3.63) is 18.7 Å². The Balaban J connectivity index is 2.02. The SMILES string of the molecule is CC(C)(C(=O)Cn1ccnc1)C1OCCO1. The van der Waals surface area contributed by atoms with E-state index in [2.05, 4.69) is 4.98 Å². The molecule has 0 unspecified atom stereocenters. The lowest BCUT2D eigenvalue weighted by Crippen LogP contribution is -2.39. The molecule has 88 valence electrons. The summed E-state index contributed by atoms with van der Waals surface area (Å²) in [4.78, 5) is 16.0. The van der Waals surface area contributed by atoms with Gasteiger partial charge in [-0.3, -0.25) is 4.79 Å². The summed E-state index contributed by atoms with van der Waals surface area (Å²) in [6.07, 6.45) is 4.63. The highest BCUT2D eigenvalue weighted by Gasteiger charge is 2.40. The molecule has 16 heavy (non-hydrogen) atoms. The van der Waals surface area contributed by atoms with E-state index in [1.165, 1.54) is 0 Å². The Hall–Kier alpha value is -1.20. The van der Waals surface area contributed by atoms with Gasteiger partial charge in [0, 0.05) is 12.4 Å². The Bertz CT molecular complexity index is 353. The fourth-order valence-electron chi connectivity index (χ4n) is 1.66. The van der Waals surface area contributed by atoms with Gasteiger partial charge in [-0.15, -0.1) is 0 Å². The largest absolute Gasteiger partial charge is 0.349 e. The number of ether oxygens (including phenoxy) is 2.